The van der Waals surface area contributed by atoms with Crippen LogP contribution in [0.4, 0.5) is 0 Å². The van der Waals surface area contributed by atoms with Crippen LogP contribution in [0.1, 0.15) is 32.3 Å². The minimum Gasteiger partial charge on any atom is -0.379 e. The maximum Gasteiger partial charge on any atom is 0.0623 e. The van der Waals surface area contributed by atoms with Crippen LogP contribution in [0.5, 0.6) is 0 Å². The zero-order valence-electron chi connectivity index (χ0n) is 11.4. The van der Waals surface area contributed by atoms with E-state index in [4.69, 9.17) is 4.74 Å². The Bertz CT molecular complexity index is 338. The largest absolute Gasteiger partial charge is 0.379 e. The highest BCUT2D eigenvalue weighted by Gasteiger charge is 2.29. The van der Waals surface area contributed by atoms with E-state index in [1.54, 1.807) is 0 Å². The number of nitrogens with one attached hydrogen (secondary N) is 1. The standard InChI is InChI=1S/C15H24N2O/c1-3-14(4-2)17-15-11-18-10-13(15)9-12-5-7-16-8-6-12/h5-8,13-15,17H,3-4,9-11H2,1-2H3/t13-,15-/m1/s1. The van der Waals surface area contributed by atoms with Crippen LogP contribution in [0.15, 0.2) is 24.5 Å². The highest BCUT2D eigenvalue weighted by Crippen LogP contribution is 2.20. The van der Waals surface area contributed by atoms with Crippen LogP contribution in [-0.2, 0) is 11.2 Å². The first-order valence-corrected chi connectivity index (χ1v) is 7.06. The van der Waals surface area contributed by atoms with Crippen molar-refractivity contribution in [1.29, 1.82) is 0 Å². The minimum absolute atomic E-state index is 0.503. The Morgan fingerprint density at radius 1 is 1.28 bits per heavy atom. The summed E-state index contributed by atoms with van der Waals surface area (Å²) >= 11 is 0. The molecule has 2 atom stereocenters. The second-order valence-electron chi connectivity index (χ2n) is 5.14. The third kappa shape index (κ3) is 3.53. The number of nitrogens with zero attached hydrogens (tertiary/aromatic N) is 1. The summed E-state index contributed by atoms with van der Waals surface area (Å²) in [5.41, 5.74) is 1.36. The van der Waals surface area contributed by atoms with Gasteiger partial charge in [0.15, 0.2) is 0 Å². The van der Waals surface area contributed by atoms with Crippen LogP contribution < -0.4 is 5.32 Å². The van der Waals surface area contributed by atoms with Crippen LogP contribution in [0.25, 0.3) is 0 Å². The lowest BCUT2D eigenvalue weighted by atomic mass is 9.94. The van der Waals surface area contributed by atoms with Gasteiger partial charge in [-0.15, -0.1) is 0 Å². The molecule has 0 radical (unpaired) electrons. The van der Waals surface area contributed by atoms with Crippen molar-refractivity contribution in [3.05, 3.63) is 30.1 Å². The molecule has 1 saturated heterocycles. The van der Waals surface area contributed by atoms with E-state index in [9.17, 15) is 0 Å². The summed E-state index contributed by atoms with van der Waals surface area (Å²) in [4.78, 5) is 4.07. The molecule has 0 aliphatic carbocycles. The third-order valence-corrected chi connectivity index (χ3v) is 3.88. The van der Waals surface area contributed by atoms with Crippen LogP contribution in [-0.4, -0.2) is 30.3 Å². The molecule has 0 saturated carbocycles. The monoisotopic (exact) mass is 248 g/mol. The molecule has 0 amide bonds. The van der Waals surface area contributed by atoms with E-state index in [1.807, 2.05) is 12.4 Å². The smallest absolute Gasteiger partial charge is 0.0623 e. The van der Waals surface area contributed by atoms with E-state index in [1.165, 1.54) is 18.4 Å². The van der Waals surface area contributed by atoms with Gasteiger partial charge in [-0.25, -0.2) is 0 Å². The SMILES string of the molecule is CCC(CC)N[C@@H]1COC[C@H]1Cc1ccncc1. The molecule has 100 valence electrons. The van der Waals surface area contributed by atoms with Gasteiger partial charge >= 0.3 is 0 Å². The molecule has 3 heteroatoms. The fraction of sp³-hybridized carbons (Fsp3) is 0.667. The van der Waals surface area contributed by atoms with Crippen molar-refractivity contribution in [3.8, 4) is 0 Å². The molecule has 1 aliphatic rings. The summed E-state index contributed by atoms with van der Waals surface area (Å²) in [7, 11) is 0. The topological polar surface area (TPSA) is 34.1 Å². The van der Waals surface area contributed by atoms with Crippen molar-refractivity contribution in [2.24, 2.45) is 5.92 Å². The molecular weight excluding hydrogens is 224 g/mol. The Morgan fingerprint density at radius 3 is 2.67 bits per heavy atom. The average Bonchev–Trinajstić information content (AvgIpc) is 2.84. The van der Waals surface area contributed by atoms with Gasteiger partial charge in [-0.3, -0.25) is 4.98 Å². The molecule has 1 aromatic rings. The van der Waals surface area contributed by atoms with Crippen molar-refractivity contribution in [2.45, 2.75) is 45.2 Å². The summed E-state index contributed by atoms with van der Waals surface area (Å²) in [5, 5.41) is 3.75. The Labute approximate surface area is 110 Å². The average molecular weight is 248 g/mol. The summed E-state index contributed by atoms with van der Waals surface area (Å²) in [6.07, 6.45) is 7.20. The van der Waals surface area contributed by atoms with Crippen molar-refractivity contribution in [2.75, 3.05) is 13.2 Å². The van der Waals surface area contributed by atoms with Crippen molar-refractivity contribution >= 4 is 0 Å². The second-order valence-corrected chi connectivity index (χ2v) is 5.14. The van der Waals surface area contributed by atoms with Gasteiger partial charge in [0.25, 0.3) is 0 Å². The first-order chi connectivity index (χ1) is 8.83. The minimum atomic E-state index is 0.503. The van der Waals surface area contributed by atoms with Gasteiger partial charge in [0, 0.05) is 30.4 Å². The Hall–Kier alpha value is -0.930. The lowest BCUT2D eigenvalue weighted by molar-refractivity contribution is 0.181. The summed E-state index contributed by atoms with van der Waals surface area (Å²) in [5.74, 6) is 0.591. The Balaban J connectivity index is 1.91. The van der Waals surface area contributed by atoms with Crippen molar-refractivity contribution < 1.29 is 4.74 Å². The first-order valence-electron chi connectivity index (χ1n) is 7.06. The van der Waals surface area contributed by atoms with Crippen molar-refractivity contribution in [1.82, 2.24) is 10.3 Å². The summed E-state index contributed by atoms with van der Waals surface area (Å²) in [6, 6.07) is 5.33. The fourth-order valence-corrected chi connectivity index (χ4v) is 2.63. The predicted octanol–water partition coefficient (Wildman–Crippen LogP) is 2.42. The Morgan fingerprint density at radius 2 is 2.00 bits per heavy atom. The normalized spacial score (nSPS) is 23.7. The first kappa shape index (κ1) is 13.5. The summed E-state index contributed by atoms with van der Waals surface area (Å²) in [6.45, 7) is 6.22. The maximum atomic E-state index is 5.65. The van der Waals surface area contributed by atoms with Gasteiger partial charge in [-0.1, -0.05) is 13.8 Å². The van der Waals surface area contributed by atoms with E-state index < -0.39 is 0 Å². The molecule has 1 fully saturated rings. The van der Waals surface area contributed by atoms with Gasteiger partial charge in [-0.2, -0.15) is 0 Å². The molecule has 0 unspecified atom stereocenters. The lowest BCUT2D eigenvalue weighted by Gasteiger charge is -2.24. The molecule has 0 aromatic carbocycles. The van der Waals surface area contributed by atoms with Gasteiger partial charge in [0.2, 0.25) is 0 Å². The maximum absolute atomic E-state index is 5.65. The molecule has 0 spiro atoms. The molecule has 0 bridgehead atoms. The number of pyridine rings is 1. The highest BCUT2D eigenvalue weighted by molar-refractivity contribution is 5.11. The summed E-state index contributed by atoms with van der Waals surface area (Å²) < 4.78 is 5.65. The van der Waals surface area contributed by atoms with Crippen LogP contribution in [0.3, 0.4) is 0 Å². The third-order valence-electron chi connectivity index (χ3n) is 3.88. The molecule has 3 nitrogen and oxygen atoms in total. The second kappa shape index (κ2) is 6.86. The van der Waals surface area contributed by atoms with Gasteiger partial charge in [-0.05, 0) is 37.0 Å². The molecular formula is C15H24N2O. The number of aromatic nitrogens is 1. The predicted molar refractivity (Wildman–Crippen MR) is 73.5 cm³/mol. The van der Waals surface area contributed by atoms with Crippen LogP contribution in [0.2, 0.25) is 0 Å². The molecule has 1 aliphatic heterocycles. The number of rotatable bonds is 6. The van der Waals surface area contributed by atoms with E-state index >= 15 is 0 Å². The molecule has 2 heterocycles. The molecule has 2 rings (SSSR count). The molecule has 1 N–H and O–H groups in total. The zero-order valence-corrected chi connectivity index (χ0v) is 11.4. The van der Waals surface area contributed by atoms with Crippen LogP contribution in [0, 0.1) is 5.92 Å². The van der Waals surface area contributed by atoms with Crippen LogP contribution >= 0.6 is 0 Å². The van der Waals surface area contributed by atoms with Gasteiger partial charge < -0.3 is 10.1 Å². The lowest BCUT2D eigenvalue weighted by Crippen LogP contribution is -2.42. The quantitative estimate of drug-likeness (QED) is 0.839. The van der Waals surface area contributed by atoms with Crippen molar-refractivity contribution in [3.63, 3.8) is 0 Å². The number of hydrogen-bond donors (Lipinski definition) is 1. The zero-order chi connectivity index (χ0) is 12.8. The Kier molecular flexibility index (Phi) is 5.14. The van der Waals surface area contributed by atoms with Gasteiger partial charge in [0.05, 0.1) is 13.2 Å². The molecule has 1 aromatic heterocycles. The fourth-order valence-electron chi connectivity index (χ4n) is 2.63. The van der Waals surface area contributed by atoms with E-state index in [0.717, 1.165) is 19.6 Å². The molecule has 18 heavy (non-hydrogen) atoms. The number of hydrogen-bond acceptors (Lipinski definition) is 3. The number of ether oxygens (including phenoxy) is 1. The van der Waals surface area contributed by atoms with E-state index in [-0.39, 0.29) is 0 Å². The van der Waals surface area contributed by atoms with E-state index in [2.05, 4.69) is 36.3 Å². The van der Waals surface area contributed by atoms with Gasteiger partial charge in [0.1, 0.15) is 0 Å². The van der Waals surface area contributed by atoms with E-state index in [0.29, 0.717) is 18.0 Å². The highest BCUT2D eigenvalue weighted by atomic mass is 16.5.